The van der Waals surface area contributed by atoms with E-state index < -0.39 is 5.97 Å². The molecule has 2 heterocycles. The highest BCUT2D eigenvalue weighted by atomic mass is 79.9. The number of carbonyl (C=O) groups excluding carboxylic acids is 1. The number of nitrogens with one attached hydrogen (secondary N) is 1. The standard InChI is InChI=1S/C29H33BrClN3O3/c1-3-19-7-6-14-34(17-19)28-18(2)27(23-15-21(30)11-12-25(23)33-28)29(37)32-16-20(10-13-26(35)36)22-8-4-5-9-24(22)31/h4-5,8-9,11-12,15,19-20H,3,6-7,10,13-14,16-17H2,1-2H3,(H,32,37)(H,35,36)/t19-,20-/m1/s1. The van der Waals surface area contributed by atoms with Crippen LogP contribution in [0.15, 0.2) is 46.9 Å². The average Bonchev–Trinajstić information content (AvgIpc) is 2.88. The second-order valence-corrected chi connectivity index (χ2v) is 11.1. The van der Waals surface area contributed by atoms with Crippen LogP contribution < -0.4 is 10.2 Å². The van der Waals surface area contributed by atoms with Gasteiger partial charge >= 0.3 is 5.97 Å². The fraction of sp³-hybridized carbons (Fsp3) is 0.414. The molecule has 0 radical (unpaired) electrons. The Morgan fingerprint density at radius 1 is 1.27 bits per heavy atom. The maximum Gasteiger partial charge on any atom is 0.303 e. The maximum absolute atomic E-state index is 13.8. The zero-order valence-electron chi connectivity index (χ0n) is 21.3. The first-order chi connectivity index (χ1) is 17.8. The van der Waals surface area contributed by atoms with Crippen molar-refractivity contribution >= 4 is 56.1 Å². The lowest BCUT2D eigenvalue weighted by Gasteiger charge is -2.34. The minimum absolute atomic E-state index is 0.00632. The van der Waals surface area contributed by atoms with Crippen LogP contribution in [-0.4, -0.2) is 41.6 Å². The van der Waals surface area contributed by atoms with Gasteiger partial charge in [0, 0.05) is 52.4 Å². The summed E-state index contributed by atoms with van der Waals surface area (Å²) in [6, 6.07) is 13.2. The number of hydrogen-bond acceptors (Lipinski definition) is 4. The number of pyridine rings is 1. The van der Waals surface area contributed by atoms with Gasteiger partial charge in [-0.3, -0.25) is 9.59 Å². The van der Waals surface area contributed by atoms with Crippen molar-refractivity contribution in [2.24, 2.45) is 5.92 Å². The van der Waals surface area contributed by atoms with Crippen LogP contribution in [0, 0.1) is 12.8 Å². The molecule has 0 bridgehead atoms. The van der Waals surface area contributed by atoms with E-state index in [1.54, 1.807) is 6.07 Å². The molecule has 8 heteroatoms. The number of aliphatic carboxylic acids is 1. The van der Waals surface area contributed by atoms with Gasteiger partial charge < -0.3 is 15.3 Å². The maximum atomic E-state index is 13.8. The second-order valence-electron chi connectivity index (χ2n) is 9.82. The third-order valence-electron chi connectivity index (χ3n) is 7.35. The first-order valence-corrected chi connectivity index (χ1v) is 14.0. The summed E-state index contributed by atoms with van der Waals surface area (Å²) in [6.07, 6.45) is 3.83. The lowest BCUT2D eigenvalue weighted by atomic mass is 9.93. The monoisotopic (exact) mass is 585 g/mol. The summed E-state index contributed by atoms with van der Waals surface area (Å²) >= 11 is 9.99. The fourth-order valence-corrected chi connectivity index (χ4v) is 5.94. The van der Waals surface area contributed by atoms with Crippen molar-refractivity contribution in [1.82, 2.24) is 10.3 Å². The molecule has 1 aromatic heterocycles. The predicted molar refractivity (Wildman–Crippen MR) is 153 cm³/mol. The number of anilines is 1. The first kappa shape index (κ1) is 27.4. The van der Waals surface area contributed by atoms with E-state index in [9.17, 15) is 14.7 Å². The molecule has 0 aliphatic carbocycles. The summed E-state index contributed by atoms with van der Waals surface area (Å²) in [5, 5.41) is 13.7. The smallest absolute Gasteiger partial charge is 0.303 e. The first-order valence-electron chi connectivity index (χ1n) is 12.9. The van der Waals surface area contributed by atoms with E-state index in [1.165, 1.54) is 6.42 Å². The Labute approximate surface area is 231 Å². The molecule has 4 rings (SSSR count). The summed E-state index contributed by atoms with van der Waals surface area (Å²) in [4.78, 5) is 32.4. The molecule has 0 spiro atoms. The van der Waals surface area contributed by atoms with Gasteiger partial charge in [0.1, 0.15) is 5.82 Å². The average molecular weight is 587 g/mol. The van der Waals surface area contributed by atoms with Gasteiger partial charge in [0.25, 0.3) is 5.91 Å². The zero-order chi connectivity index (χ0) is 26.5. The molecule has 1 fully saturated rings. The Morgan fingerprint density at radius 2 is 2.05 bits per heavy atom. The molecule has 2 N–H and O–H groups in total. The minimum Gasteiger partial charge on any atom is -0.481 e. The van der Waals surface area contributed by atoms with Gasteiger partial charge in [-0.1, -0.05) is 59.1 Å². The Bertz CT molecular complexity index is 1300. The molecular weight excluding hydrogens is 554 g/mol. The minimum atomic E-state index is -0.874. The van der Waals surface area contributed by atoms with E-state index in [1.807, 2.05) is 43.3 Å². The largest absolute Gasteiger partial charge is 0.481 e. The molecule has 2 aromatic carbocycles. The summed E-state index contributed by atoms with van der Waals surface area (Å²) in [5.74, 6) is 0.201. The lowest BCUT2D eigenvalue weighted by molar-refractivity contribution is -0.137. The summed E-state index contributed by atoms with van der Waals surface area (Å²) in [7, 11) is 0. The van der Waals surface area contributed by atoms with E-state index in [4.69, 9.17) is 16.6 Å². The third kappa shape index (κ3) is 6.44. The number of benzene rings is 2. The number of halogens is 2. The van der Waals surface area contributed by atoms with Crippen LogP contribution in [0.1, 0.15) is 66.4 Å². The zero-order valence-corrected chi connectivity index (χ0v) is 23.6. The fourth-order valence-electron chi connectivity index (χ4n) is 5.28. The van der Waals surface area contributed by atoms with Crippen molar-refractivity contribution in [3.05, 3.63) is 68.7 Å². The molecule has 0 saturated carbocycles. The van der Waals surface area contributed by atoms with Crippen LogP contribution in [-0.2, 0) is 4.79 Å². The van der Waals surface area contributed by atoms with E-state index in [-0.39, 0.29) is 24.8 Å². The summed E-state index contributed by atoms with van der Waals surface area (Å²) in [5.41, 5.74) is 3.08. The number of carboxylic acids is 1. The van der Waals surface area contributed by atoms with Gasteiger partial charge in [-0.2, -0.15) is 0 Å². The highest BCUT2D eigenvalue weighted by Gasteiger charge is 2.26. The van der Waals surface area contributed by atoms with Crippen molar-refractivity contribution in [2.45, 2.75) is 51.9 Å². The van der Waals surface area contributed by atoms with Crippen LogP contribution in [0.25, 0.3) is 10.9 Å². The molecule has 37 heavy (non-hydrogen) atoms. The van der Waals surface area contributed by atoms with E-state index in [0.717, 1.165) is 58.3 Å². The number of amides is 1. The summed E-state index contributed by atoms with van der Waals surface area (Å²) < 4.78 is 0.877. The Balaban J connectivity index is 1.68. The highest BCUT2D eigenvalue weighted by Crippen LogP contribution is 2.33. The lowest BCUT2D eigenvalue weighted by Crippen LogP contribution is -2.37. The highest BCUT2D eigenvalue weighted by molar-refractivity contribution is 9.10. The Morgan fingerprint density at radius 3 is 2.78 bits per heavy atom. The molecule has 1 amide bonds. The molecular formula is C29H33BrClN3O3. The normalized spacial score (nSPS) is 16.5. The number of piperidine rings is 1. The number of carboxylic acid groups (broad SMARTS) is 1. The number of rotatable bonds is 9. The van der Waals surface area contributed by atoms with Gasteiger partial charge in [-0.25, -0.2) is 4.98 Å². The van der Waals surface area contributed by atoms with Crippen LogP contribution >= 0.6 is 27.5 Å². The quantitative estimate of drug-likeness (QED) is 0.283. The van der Waals surface area contributed by atoms with Crippen molar-refractivity contribution in [3.8, 4) is 0 Å². The third-order valence-corrected chi connectivity index (χ3v) is 8.19. The van der Waals surface area contributed by atoms with Crippen LogP contribution in [0.2, 0.25) is 5.02 Å². The predicted octanol–water partition coefficient (Wildman–Crippen LogP) is 6.96. The van der Waals surface area contributed by atoms with Crippen molar-refractivity contribution in [2.75, 3.05) is 24.5 Å². The van der Waals surface area contributed by atoms with E-state index in [0.29, 0.717) is 22.9 Å². The topological polar surface area (TPSA) is 82.5 Å². The second kappa shape index (κ2) is 12.3. The molecule has 3 aromatic rings. The summed E-state index contributed by atoms with van der Waals surface area (Å²) in [6.45, 7) is 6.35. The molecule has 1 aliphatic rings. The molecule has 6 nitrogen and oxygen atoms in total. The van der Waals surface area contributed by atoms with Gasteiger partial charge in [0.2, 0.25) is 0 Å². The SMILES string of the molecule is CC[C@@H]1CCCN(c2nc3ccc(Br)cc3c(C(=O)NC[C@@H](CCC(=O)O)c3ccccc3Cl)c2C)C1. The van der Waals surface area contributed by atoms with Crippen LogP contribution in [0.5, 0.6) is 0 Å². The van der Waals surface area contributed by atoms with Crippen LogP contribution in [0.3, 0.4) is 0 Å². The van der Waals surface area contributed by atoms with Gasteiger partial charge in [-0.05, 0) is 61.9 Å². The van der Waals surface area contributed by atoms with Gasteiger partial charge in [-0.15, -0.1) is 0 Å². The molecule has 0 unspecified atom stereocenters. The Kier molecular flexibility index (Phi) is 9.08. The van der Waals surface area contributed by atoms with E-state index >= 15 is 0 Å². The van der Waals surface area contributed by atoms with Crippen LogP contribution in [0.4, 0.5) is 5.82 Å². The van der Waals surface area contributed by atoms with Crippen molar-refractivity contribution in [3.63, 3.8) is 0 Å². The van der Waals surface area contributed by atoms with Gasteiger partial charge in [0.05, 0.1) is 11.1 Å². The van der Waals surface area contributed by atoms with Crippen molar-refractivity contribution in [1.29, 1.82) is 0 Å². The molecule has 1 saturated heterocycles. The molecule has 1 aliphatic heterocycles. The Hall–Kier alpha value is -2.64. The number of carbonyl (C=O) groups is 2. The van der Waals surface area contributed by atoms with E-state index in [2.05, 4.69) is 33.1 Å². The number of hydrogen-bond donors (Lipinski definition) is 2. The van der Waals surface area contributed by atoms with Gasteiger partial charge in [0.15, 0.2) is 0 Å². The number of fused-ring (bicyclic) bond motifs is 1. The molecule has 196 valence electrons. The number of nitrogens with zero attached hydrogens (tertiary/aromatic N) is 2. The molecule has 2 atom stereocenters. The number of aromatic nitrogens is 1. The van der Waals surface area contributed by atoms with Crippen molar-refractivity contribution < 1.29 is 14.7 Å².